The molecule has 0 heterocycles. The smallest absolute Gasteiger partial charge is 0.118 e. The summed E-state index contributed by atoms with van der Waals surface area (Å²) in [4.78, 5) is 0. The number of unbranched alkanes of at least 4 members (excludes halogenated alkanes) is 1. The van der Waals surface area contributed by atoms with Crippen LogP contribution >= 0.6 is 0 Å². The molecule has 1 atom stereocenters. The third-order valence-electron chi connectivity index (χ3n) is 2.82. The topological polar surface area (TPSA) is 21.3 Å². The van der Waals surface area contributed by atoms with E-state index in [1.165, 1.54) is 24.8 Å². The van der Waals surface area contributed by atoms with Crippen LogP contribution in [0.15, 0.2) is 24.3 Å². The Morgan fingerprint density at radius 2 is 1.88 bits per heavy atom. The average Bonchev–Trinajstić information content (AvgIpc) is 2.35. The molecule has 0 spiro atoms. The van der Waals surface area contributed by atoms with Crippen LogP contribution in [0.3, 0.4) is 0 Å². The molecule has 0 amide bonds. The van der Waals surface area contributed by atoms with Crippen molar-refractivity contribution in [3.8, 4) is 5.75 Å². The number of hydrogen-bond donors (Lipinski definition) is 1. The van der Waals surface area contributed by atoms with Gasteiger partial charge in [-0.15, -0.1) is 0 Å². The van der Waals surface area contributed by atoms with E-state index in [-0.39, 0.29) is 0 Å². The van der Waals surface area contributed by atoms with Gasteiger partial charge in [0.1, 0.15) is 5.75 Å². The monoisotopic (exact) mass is 221 g/mol. The van der Waals surface area contributed by atoms with E-state index in [1.807, 2.05) is 12.1 Å². The molecule has 0 aliphatic rings. The van der Waals surface area contributed by atoms with Gasteiger partial charge in [-0.1, -0.05) is 38.8 Å². The summed E-state index contributed by atoms with van der Waals surface area (Å²) >= 11 is 0. The molecule has 0 fully saturated rings. The fourth-order valence-electron chi connectivity index (χ4n) is 1.88. The maximum atomic E-state index is 5.17. The number of methoxy groups -OCH3 is 1. The zero-order valence-corrected chi connectivity index (χ0v) is 10.6. The van der Waals surface area contributed by atoms with Gasteiger partial charge in [-0.25, -0.2) is 0 Å². The van der Waals surface area contributed by atoms with E-state index in [0.29, 0.717) is 6.04 Å². The predicted octanol–water partition coefficient (Wildman–Crippen LogP) is 3.54. The lowest BCUT2D eigenvalue weighted by atomic mass is 10.0. The van der Waals surface area contributed by atoms with E-state index in [4.69, 9.17) is 4.74 Å². The van der Waals surface area contributed by atoms with Gasteiger partial charge in [0, 0.05) is 6.04 Å². The van der Waals surface area contributed by atoms with Crippen molar-refractivity contribution in [1.82, 2.24) is 5.32 Å². The van der Waals surface area contributed by atoms with E-state index in [1.54, 1.807) is 7.11 Å². The van der Waals surface area contributed by atoms with Crippen molar-refractivity contribution in [2.24, 2.45) is 0 Å². The molecule has 0 radical (unpaired) electrons. The molecule has 1 rings (SSSR count). The van der Waals surface area contributed by atoms with Crippen LogP contribution in [-0.2, 0) is 0 Å². The largest absolute Gasteiger partial charge is 0.497 e. The second-order valence-corrected chi connectivity index (χ2v) is 4.03. The van der Waals surface area contributed by atoms with Crippen LogP contribution in [0.25, 0.3) is 0 Å². The summed E-state index contributed by atoms with van der Waals surface area (Å²) in [5.74, 6) is 0.925. The Labute approximate surface area is 99.0 Å². The first-order valence-electron chi connectivity index (χ1n) is 6.19. The molecule has 16 heavy (non-hydrogen) atoms. The van der Waals surface area contributed by atoms with Crippen LogP contribution in [0.4, 0.5) is 0 Å². The number of hydrogen-bond acceptors (Lipinski definition) is 2. The minimum atomic E-state index is 0.482. The first-order chi connectivity index (χ1) is 7.81. The predicted molar refractivity (Wildman–Crippen MR) is 68.9 cm³/mol. The Balaban J connectivity index is 2.67. The number of ether oxygens (including phenoxy) is 1. The van der Waals surface area contributed by atoms with Gasteiger partial charge < -0.3 is 10.1 Å². The summed E-state index contributed by atoms with van der Waals surface area (Å²) < 4.78 is 5.17. The third kappa shape index (κ3) is 3.86. The SMILES string of the molecule is CCCCC(NCC)c1ccc(OC)cc1. The maximum absolute atomic E-state index is 5.17. The summed E-state index contributed by atoms with van der Waals surface area (Å²) in [6.07, 6.45) is 3.72. The molecule has 1 aromatic rings. The zero-order chi connectivity index (χ0) is 11.8. The molecule has 1 N–H and O–H groups in total. The molecule has 1 unspecified atom stereocenters. The van der Waals surface area contributed by atoms with Crippen molar-refractivity contribution in [2.75, 3.05) is 13.7 Å². The lowest BCUT2D eigenvalue weighted by molar-refractivity contribution is 0.414. The summed E-state index contributed by atoms with van der Waals surface area (Å²) in [6.45, 7) is 5.40. The standard InChI is InChI=1S/C14H23NO/c1-4-6-7-14(15-5-2)12-8-10-13(16-3)11-9-12/h8-11,14-15H,4-7H2,1-3H3. The molecule has 1 aromatic carbocycles. The van der Waals surface area contributed by atoms with Gasteiger partial charge >= 0.3 is 0 Å². The number of rotatable bonds is 7. The lowest BCUT2D eigenvalue weighted by Crippen LogP contribution is -2.20. The minimum Gasteiger partial charge on any atom is -0.497 e. The maximum Gasteiger partial charge on any atom is 0.118 e. The molecule has 0 aliphatic heterocycles. The quantitative estimate of drug-likeness (QED) is 0.760. The van der Waals surface area contributed by atoms with Crippen molar-refractivity contribution < 1.29 is 4.74 Å². The van der Waals surface area contributed by atoms with E-state index in [2.05, 4.69) is 31.3 Å². The van der Waals surface area contributed by atoms with Crippen LogP contribution in [0, 0.1) is 0 Å². The van der Waals surface area contributed by atoms with Gasteiger partial charge in [0.25, 0.3) is 0 Å². The third-order valence-corrected chi connectivity index (χ3v) is 2.82. The molecular weight excluding hydrogens is 198 g/mol. The van der Waals surface area contributed by atoms with E-state index in [9.17, 15) is 0 Å². The Morgan fingerprint density at radius 3 is 2.38 bits per heavy atom. The van der Waals surface area contributed by atoms with Crippen molar-refractivity contribution in [3.63, 3.8) is 0 Å². The molecule has 2 heteroatoms. The van der Waals surface area contributed by atoms with E-state index < -0.39 is 0 Å². The highest BCUT2D eigenvalue weighted by molar-refractivity contribution is 5.29. The van der Waals surface area contributed by atoms with Crippen LogP contribution in [-0.4, -0.2) is 13.7 Å². The van der Waals surface area contributed by atoms with Gasteiger partial charge in [0.05, 0.1) is 7.11 Å². The van der Waals surface area contributed by atoms with Crippen molar-refractivity contribution in [3.05, 3.63) is 29.8 Å². The highest BCUT2D eigenvalue weighted by Gasteiger charge is 2.09. The Bertz CT molecular complexity index is 281. The first kappa shape index (κ1) is 13.0. The zero-order valence-electron chi connectivity index (χ0n) is 10.6. The molecule has 0 aromatic heterocycles. The average molecular weight is 221 g/mol. The Morgan fingerprint density at radius 1 is 1.19 bits per heavy atom. The van der Waals surface area contributed by atoms with Crippen molar-refractivity contribution >= 4 is 0 Å². The Kier molecular flexibility index (Phi) is 5.94. The normalized spacial score (nSPS) is 12.4. The molecule has 0 aliphatic carbocycles. The molecule has 2 nitrogen and oxygen atoms in total. The van der Waals surface area contributed by atoms with E-state index >= 15 is 0 Å². The highest BCUT2D eigenvalue weighted by atomic mass is 16.5. The van der Waals surface area contributed by atoms with Crippen molar-refractivity contribution in [1.29, 1.82) is 0 Å². The van der Waals surface area contributed by atoms with Crippen molar-refractivity contribution in [2.45, 2.75) is 39.2 Å². The van der Waals surface area contributed by atoms with Crippen LogP contribution in [0.1, 0.15) is 44.7 Å². The molecule has 90 valence electrons. The molecular formula is C14H23NO. The lowest BCUT2D eigenvalue weighted by Gasteiger charge is -2.18. The van der Waals surface area contributed by atoms with E-state index in [0.717, 1.165) is 12.3 Å². The van der Waals surface area contributed by atoms with Gasteiger partial charge in [-0.3, -0.25) is 0 Å². The highest BCUT2D eigenvalue weighted by Crippen LogP contribution is 2.21. The number of benzene rings is 1. The minimum absolute atomic E-state index is 0.482. The van der Waals surface area contributed by atoms with Gasteiger partial charge in [-0.2, -0.15) is 0 Å². The second-order valence-electron chi connectivity index (χ2n) is 4.03. The summed E-state index contributed by atoms with van der Waals surface area (Å²) in [6, 6.07) is 8.86. The molecule has 0 saturated heterocycles. The van der Waals surface area contributed by atoms with Crippen LogP contribution < -0.4 is 10.1 Å². The summed E-state index contributed by atoms with van der Waals surface area (Å²) in [5, 5.41) is 3.53. The number of nitrogens with one attached hydrogen (secondary N) is 1. The van der Waals surface area contributed by atoms with Crippen LogP contribution in [0.2, 0.25) is 0 Å². The second kappa shape index (κ2) is 7.29. The Hall–Kier alpha value is -1.02. The van der Waals surface area contributed by atoms with Crippen LogP contribution in [0.5, 0.6) is 5.75 Å². The van der Waals surface area contributed by atoms with Gasteiger partial charge in [-0.05, 0) is 30.7 Å². The fourth-order valence-corrected chi connectivity index (χ4v) is 1.88. The van der Waals surface area contributed by atoms with Gasteiger partial charge in [0.2, 0.25) is 0 Å². The molecule has 0 saturated carbocycles. The summed E-state index contributed by atoms with van der Waals surface area (Å²) in [7, 11) is 1.70. The first-order valence-corrected chi connectivity index (χ1v) is 6.19. The van der Waals surface area contributed by atoms with Gasteiger partial charge in [0.15, 0.2) is 0 Å². The fraction of sp³-hybridized carbons (Fsp3) is 0.571. The summed E-state index contributed by atoms with van der Waals surface area (Å²) in [5.41, 5.74) is 1.36. The molecule has 0 bridgehead atoms.